The number of hydrogen-bond donors (Lipinski definition) is 3. The maximum absolute atomic E-state index is 12.7. The zero-order chi connectivity index (χ0) is 17.0. The molecule has 128 valence electrons. The van der Waals surface area contributed by atoms with E-state index in [1.54, 1.807) is 6.92 Å². The first-order valence-corrected chi connectivity index (χ1v) is 9.20. The molecule has 1 fully saturated rings. The molecule has 1 saturated heterocycles. The monoisotopic (exact) mass is 341 g/mol. The lowest BCUT2D eigenvalue weighted by molar-refractivity contribution is -0.147. The van der Waals surface area contributed by atoms with Gasteiger partial charge in [-0.1, -0.05) is 25.1 Å². The summed E-state index contributed by atoms with van der Waals surface area (Å²) in [7, 11) is -3.81. The molecule has 3 N–H and O–H groups in total. The summed E-state index contributed by atoms with van der Waals surface area (Å²) in [5, 5.41) is -1.08. The van der Waals surface area contributed by atoms with Crippen LogP contribution in [0.1, 0.15) is 25.0 Å². The van der Waals surface area contributed by atoms with E-state index in [9.17, 15) is 13.2 Å². The highest BCUT2D eigenvalue weighted by atomic mass is 32.2. The van der Waals surface area contributed by atoms with Crippen LogP contribution in [0.25, 0.3) is 0 Å². The molecule has 0 bridgehead atoms. The number of anilines is 1. The summed E-state index contributed by atoms with van der Waals surface area (Å²) in [6, 6.07) is 5.62. The first-order chi connectivity index (χ1) is 10.9. The molecule has 23 heavy (non-hydrogen) atoms. The number of carbonyl (C=O) groups is 1. The molecular formula is C15H23N3O4S. The zero-order valence-corrected chi connectivity index (χ0v) is 14.4. The van der Waals surface area contributed by atoms with Crippen LogP contribution in [0.4, 0.5) is 5.69 Å². The van der Waals surface area contributed by atoms with Gasteiger partial charge in [-0.25, -0.2) is 13.8 Å². The number of aryl methyl sites for hydroxylation is 2. The maximum atomic E-state index is 12.7. The number of benzene rings is 1. The molecule has 1 aromatic rings. The van der Waals surface area contributed by atoms with E-state index in [0.717, 1.165) is 11.1 Å². The average Bonchev–Trinajstić information content (AvgIpc) is 3.00. The van der Waals surface area contributed by atoms with Crippen molar-refractivity contribution in [2.45, 2.75) is 32.6 Å². The number of rotatable bonds is 6. The SMILES string of the molecule is CCOC(=O)C1CNNC1S(=O)(=O)Nc1c(C)cccc1CC. The van der Waals surface area contributed by atoms with E-state index in [2.05, 4.69) is 15.6 Å². The van der Waals surface area contributed by atoms with Gasteiger partial charge in [-0.2, -0.15) is 0 Å². The van der Waals surface area contributed by atoms with E-state index in [1.165, 1.54) is 0 Å². The molecule has 1 aliphatic heterocycles. The van der Waals surface area contributed by atoms with Crippen LogP contribution in [0.15, 0.2) is 18.2 Å². The molecule has 0 aromatic heterocycles. The Bertz CT molecular complexity index is 675. The Morgan fingerprint density at radius 1 is 1.39 bits per heavy atom. The van der Waals surface area contributed by atoms with Crippen LogP contribution in [0.2, 0.25) is 0 Å². The third-order valence-electron chi connectivity index (χ3n) is 3.84. The van der Waals surface area contributed by atoms with Gasteiger partial charge in [-0.3, -0.25) is 14.9 Å². The largest absolute Gasteiger partial charge is 0.466 e. The molecule has 1 aromatic carbocycles. The Morgan fingerprint density at radius 2 is 2.13 bits per heavy atom. The van der Waals surface area contributed by atoms with Gasteiger partial charge in [-0.05, 0) is 31.4 Å². The van der Waals surface area contributed by atoms with E-state index in [1.807, 2.05) is 32.0 Å². The third kappa shape index (κ3) is 3.82. The second-order valence-corrected chi connectivity index (χ2v) is 7.22. The molecule has 0 aliphatic carbocycles. The van der Waals surface area contributed by atoms with E-state index < -0.39 is 27.3 Å². The second-order valence-electron chi connectivity index (χ2n) is 5.41. The molecule has 2 unspecified atom stereocenters. The minimum Gasteiger partial charge on any atom is -0.466 e. The van der Waals surface area contributed by atoms with Crippen LogP contribution in [-0.2, 0) is 26.0 Å². The zero-order valence-electron chi connectivity index (χ0n) is 13.5. The minimum atomic E-state index is -3.81. The molecular weight excluding hydrogens is 318 g/mol. The summed E-state index contributed by atoms with van der Waals surface area (Å²) in [5.74, 6) is -1.32. The molecule has 2 rings (SSSR count). The standard InChI is InChI=1S/C15H23N3O4S/c1-4-11-8-6-7-10(3)13(11)18-23(20,21)14-12(9-16-17-14)15(19)22-5-2/h6-8,12,14,16-18H,4-5,9H2,1-3H3. The number of hydrazine groups is 1. The Kier molecular flexibility index (Phi) is 5.61. The predicted octanol–water partition coefficient (Wildman–Crippen LogP) is 0.912. The molecule has 0 amide bonds. The number of hydrogen-bond acceptors (Lipinski definition) is 6. The fraction of sp³-hybridized carbons (Fsp3) is 0.533. The Morgan fingerprint density at radius 3 is 2.78 bits per heavy atom. The van der Waals surface area contributed by atoms with Crippen LogP contribution >= 0.6 is 0 Å². The summed E-state index contributed by atoms with van der Waals surface area (Å²) < 4.78 is 33.0. The van der Waals surface area contributed by atoms with Crippen molar-refractivity contribution in [3.8, 4) is 0 Å². The molecule has 2 atom stereocenters. The number of sulfonamides is 1. The van der Waals surface area contributed by atoms with Crippen molar-refractivity contribution in [3.05, 3.63) is 29.3 Å². The summed E-state index contributed by atoms with van der Waals surface area (Å²) >= 11 is 0. The van der Waals surface area contributed by atoms with Crippen molar-refractivity contribution >= 4 is 21.7 Å². The van der Waals surface area contributed by atoms with Gasteiger partial charge >= 0.3 is 5.97 Å². The number of esters is 1. The first kappa shape index (κ1) is 17.7. The highest BCUT2D eigenvalue weighted by Gasteiger charge is 2.43. The van der Waals surface area contributed by atoms with E-state index in [0.29, 0.717) is 12.1 Å². The topological polar surface area (TPSA) is 96.5 Å². The summed E-state index contributed by atoms with van der Waals surface area (Å²) in [6.07, 6.45) is 0.706. The summed E-state index contributed by atoms with van der Waals surface area (Å²) in [6.45, 7) is 5.92. The van der Waals surface area contributed by atoms with Gasteiger partial charge in [-0.15, -0.1) is 0 Å². The fourth-order valence-corrected chi connectivity index (χ4v) is 4.18. The lowest BCUT2D eigenvalue weighted by atomic mass is 10.1. The van der Waals surface area contributed by atoms with Crippen LogP contribution < -0.4 is 15.6 Å². The van der Waals surface area contributed by atoms with Crippen LogP contribution in [0.3, 0.4) is 0 Å². The van der Waals surface area contributed by atoms with Crippen molar-refractivity contribution in [1.29, 1.82) is 0 Å². The van der Waals surface area contributed by atoms with Gasteiger partial charge in [0, 0.05) is 6.54 Å². The number of carbonyl (C=O) groups excluding carboxylic acids is 1. The summed E-state index contributed by atoms with van der Waals surface area (Å²) in [5.41, 5.74) is 7.71. The lowest BCUT2D eigenvalue weighted by Crippen LogP contribution is -2.44. The smallest absolute Gasteiger partial charge is 0.313 e. The Hall–Kier alpha value is -1.64. The van der Waals surface area contributed by atoms with Gasteiger partial charge in [0.25, 0.3) is 10.0 Å². The van der Waals surface area contributed by atoms with Crippen LogP contribution in [0, 0.1) is 12.8 Å². The number of para-hydroxylation sites is 1. The molecule has 0 saturated carbocycles. The number of ether oxygens (including phenoxy) is 1. The minimum absolute atomic E-state index is 0.207. The van der Waals surface area contributed by atoms with Crippen LogP contribution in [-0.4, -0.2) is 32.9 Å². The highest BCUT2D eigenvalue weighted by Crippen LogP contribution is 2.25. The fourth-order valence-electron chi connectivity index (χ4n) is 2.60. The van der Waals surface area contributed by atoms with E-state index in [-0.39, 0.29) is 13.2 Å². The van der Waals surface area contributed by atoms with Gasteiger partial charge in [0.05, 0.1) is 12.3 Å². The van der Waals surface area contributed by atoms with Crippen molar-refractivity contribution < 1.29 is 17.9 Å². The third-order valence-corrected chi connectivity index (χ3v) is 5.44. The molecule has 0 radical (unpaired) electrons. The second kappa shape index (κ2) is 7.29. The van der Waals surface area contributed by atoms with Crippen molar-refractivity contribution in [3.63, 3.8) is 0 Å². The lowest BCUT2D eigenvalue weighted by Gasteiger charge is -2.21. The Balaban J connectivity index is 2.27. The van der Waals surface area contributed by atoms with Crippen molar-refractivity contribution in [2.24, 2.45) is 5.92 Å². The molecule has 1 aliphatic rings. The maximum Gasteiger partial charge on any atom is 0.313 e. The van der Waals surface area contributed by atoms with Gasteiger partial charge in [0.1, 0.15) is 5.92 Å². The number of nitrogens with one attached hydrogen (secondary N) is 3. The molecule has 0 spiro atoms. The van der Waals surface area contributed by atoms with E-state index >= 15 is 0 Å². The van der Waals surface area contributed by atoms with Gasteiger partial charge < -0.3 is 4.74 Å². The molecule has 8 heteroatoms. The molecule has 1 heterocycles. The first-order valence-electron chi connectivity index (χ1n) is 7.65. The average molecular weight is 341 g/mol. The summed E-state index contributed by atoms with van der Waals surface area (Å²) in [4.78, 5) is 12.0. The quantitative estimate of drug-likeness (QED) is 0.666. The predicted molar refractivity (Wildman–Crippen MR) is 88.1 cm³/mol. The van der Waals surface area contributed by atoms with E-state index in [4.69, 9.17) is 4.74 Å². The van der Waals surface area contributed by atoms with Gasteiger partial charge in [0.15, 0.2) is 5.37 Å². The molecule has 7 nitrogen and oxygen atoms in total. The van der Waals surface area contributed by atoms with Crippen LogP contribution in [0.5, 0.6) is 0 Å². The van der Waals surface area contributed by atoms with Gasteiger partial charge in [0.2, 0.25) is 0 Å². The van der Waals surface area contributed by atoms with Crippen molar-refractivity contribution in [2.75, 3.05) is 17.9 Å². The van der Waals surface area contributed by atoms with Crippen molar-refractivity contribution in [1.82, 2.24) is 10.9 Å². The Labute approximate surface area is 136 Å². The normalized spacial score (nSPS) is 21.2. The highest BCUT2D eigenvalue weighted by molar-refractivity contribution is 7.93.